The Morgan fingerprint density at radius 2 is 1.77 bits per heavy atom. The van der Waals surface area contributed by atoms with Crippen molar-refractivity contribution in [3.8, 4) is 0 Å². The number of rotatable bonds is 6. The number of nitrogens with one attached hydrogen (secondary N) is 1. The summed E-state index contributed by atoms with van der Waals surface area (Å²) in [5.41, 5.74) is 1.53. The second-order valence-corrected chi connectivity index (χ2v) is 10.1. The lowest BCUT2D eigenvalue weighted by molar-refractivity contribution is -0.385. The number of nitro groups is 1. The average molecular weight is 466 g/mol. The highest BCUT2D eigenvalue weighted by molar-refractivity contribution is 7.89. The predicted octanol–water partition coefficient (Wildman–Crippen LogP) is 4.41. The number of hydrogen-bond donors (Lipinski definition) is 1. The van der Waals surface area contributed by atoms with Crippen LogP contribution in [0.4, 0.5) is 11.4 Å². The second kappa shape index (κ2) is 9.33. The number of amides is 1. The highest BCUT2D eigenvalue weighted by Crippen LogP contribution is 2.31. The van der Waals surface area contributed by atoms with Crippen LogP contribution in [0.3, 0.4) is 0 Å². The van der Waals surface area contributed by atoms with Crippen LogP contribution < -0.4 is 5.32 Å². The third-order valence-electron chi connectivity index (χ3n) is 5.41. The number of anilines is 1. The Kier molecular flexibility index (Phi) is 6.98. The van der Waals surface area contributed by atoms with Gasteiger partial charge in [0.05, 0.1) is 9.95 Å². The molecule has 1 aliphatic heterocycles. The molecule has 0 bridgehead atoms. The van der Waals surface area contributed by atoms with Gasteiger partial charge in [-0.2, -0.15) is 4.31 Å². The van der Waals surface area contributed by atoms with Gasteiger partial charge in [-0.1, -0.05) is 37.6 Å². The molecular weight excluding hydrogens is 442 g/mol. The molecule has 166 valence electrons. The summed E-state index contributed by atoms with van der Waals surface area (Å²) in [6.45, 7) is 4.45. The maximum absolute atomic E-state index is 13.0. The van der Waals surface area contributed by atoms with Crippen LogP contribution in [0.15, 0.2) is 47.4 Å². The maximum atomic E-state index is 13.0. The van der Waals surface area contributed by atoms with Gasteiger partial charge in [-0.25, -0.2) is 8.42 Å². The van der Waals surface area contributed by atoms with Crippen LogP contribution in [0.5, 0.6) is 0 Å². The van der Waals surface area contributed by atoms with Gasteiger partial charge in [-0.3, -0.25) is 14.9 Å². The van der Waals surface area contributed by atoms with Gasteiger partial charge in [0.25, 0.3) is 5.69 Å². The first-order valence-corrected chi connectivity index (χ1v) is 11.8. The lowest BCUT2D eigenvalue weighted by atomic mass is 9.97. The molecule has 1 fully saturated rings. The van der Waals surface area contributed by atoms with Crippen molar-refractivity contribution in [1.82, 2.24) is 4.31 Å². The highest BCUT2D eigenvalue weighted by atomic mass is 35.5. The van der Waals surface area contributed by atoms with Crippen molar-refractivity contribution in [3.63, 3.8) is 0 Å². The number of sulfonamides is 1. The zero-order chi connectivity index (χ0) is 22.8. The van der Waals surface area contributed by atoms with Gasteiger partial charge in [0.1, 0.15) is 4.90 Å². The molecule has 0 unspecified atom stereocenters. The molecule has 8 nitrogen and oxygen atoms in total. The van der Waals surface area contributed by atoms with Crippen LogP contribution in [0.1, 0.15) is 38.2 Å². The van der Waals surface area contributed by atoms with E-state index in [0.29, 0.717) is 24.4 Å². The topological polar surface area (TPSA) is 110 Å². The van der Waals surface area contributed by atoms with Crippen LogP contribution in [-0.4, -0.2) is 36.6 Å². The highest BCUT2D eigenvalue weighted by Gasteiger charge is 2.34. The van der Waals surface area contributed by atoms with Crippen LogP contribution in [-0.2, 0) is 14.8 Å². The number of non-ortho nitro benzene ring substituents is 1. The molecule has 1 heterocycles. The van der Waals surface area contributed by atoms with Gasteiger partial charge in [-0.05, 0) is 42.5 Å². The molecular formula is C21H24ClN3O5S. The molecule has 0 atom stereocenters. The smallest absolute Gasteiger partial charge is 0.270 e. The molecule has 2 aromatic carbocycles. The summed E-state index contributed by atoms with van der Waals surface area (Å²) in [6, 6.07) is 11.0. The largest absolute Gasteiger partial charge is 0.326 e. The first-order valence-electron chi connectivity index (χ1n) is 9.94. The van der Waals surface area contributed by atoms with E-state index in [1.165, 1.54) is 15.9 Å². The van der Waals surface area contributed by atoms with E-state index >= 15 is 0 Å². The minimum atomic E-state index is -4.00. The van der Waals surface area contributed by atoms with Crippen LogP contribution >= 0.6 is 11.6 Å². The molecule has 1 aliphatic rings. The second-order valence-electron chi connectivity index (χ2n) is 7.82. The molecule has 10 heteroatoms. The van der Waals surface area contributed by atoms with Crippen LogP contribution in [0, 0.1) is 16.0 Å². The Balaban J connectivity index is 1.65. The molecule has 3 rings (SSSR count). The summed E-state index contributed by atoms with van der Waals surface area (Å²) in [5, 5.41) is 13.8. The van der Waals surface area contributed by atoms with E-state index in [4.69, 9.17) is 11.6 Å². The Hall–Kier alpha value is -2.49. The van der Waals surface area contributed by atoms with Crippen molar-refractivity contribution in [3.05, 3.63) is 63.2 Å². The Bertz CT molecular complexity index is 1080. The molecule has 0 aromatic heterocycles. The van der Waals surface area contributed by atoms with Gasteiger partial charge < -0.3 is 5.32 Å². The summed E-state index contributed by atoms with van der Waals surface area (Å²) in [6.07, 6.45) is 0.698. The normalized spacial score (nSPS) is 15.7. The van der Waals surface area contributed by atoms with E-state index in [-0.39, 0.29) is 40.5 Å². The number of halogens is 1. The molecule has 0 spiro atoms. The van der Waals surface area contributed by atoms with Crippen LogP contribution in [0.2, 0.25) is 5.02 Å². The summed E-state index contributed by atoms with van der Waals surface area (Å²) in [7, 11) is -4.00. The maximum Gasteiger partial charge on any atom is 0.270 e. The fourth-order valence-corrected chi connectivity index (χ4v) is 5.46. The zero-order valence-electron chi connectivity index (χ0n) is 17.2. The van der Waals surface area contributed by atoms with Crippen molar-refractivity contribution in [2.24, 2.45) is 5.92 Å². The SMILES string of the molecule is CC(C)c1ccc(NC(=O)C2CCN(S(=O)(=O)c3cc([N+](=O)[O-])ccc3Cl)CC2)cc1. The molecule has 1 amide bonds. The predicted molar refractivity (Wildman–Crippen MR) is 119 cm³/mol. The Morgan fingerprint density at radius 1 is 1.16 bits per heavy atom. The fraction of sp³-hybridized carbons (Fsp3) is 0.381. The first-order chi connectivity index (χ1) is 14.6. The quantitative estimate of drug-likeness (QED) is 0.501. The van der Waals surface area contributed by atoms with E-state index in [9.17, 15) is 23.3 Å². The molecule has 31 heavy (non-hydrogen) atoms. The van der Waals surface area contributed by atoms with Gasteiger partial charge in [-0.15, -0.1) is 0 Å². The van der Waals surface area contributed by atoms with Gasteiger partial charge in [0, 0.05) is 36.8 Å². The molecule has 0 radical (unpaired) electrons. The van der Waals surface area contributed by atoms with E-state index in [1.54, 1.807) is 0 Å². The molecule has 1 N–H and O–H groups in total. The number of piperidine rings is 1. The Morgan fingerprint density at radius 3 is 2.32 bits per heavy atom. The fourth-order valence-electron chi connectivity index (χ4n) is 3.50. The van der Waals surface area contributed by atoms with Crippen molar-refractivity contribution in [2.45, 2.75) is 37.5 Å². The van der Waals surface area contributed by atoms with Crippen molar-refractivity contribution >= 4 is 38.9 Å². The van der Waals surface area contributed by atoms with E-state index < -0.39 is 14.9 Å². The Labute approximate surface area is 186 Å². The number of carbonyl (C=O) groups is 1. The standard InChI is InChI=1S/C21H24ClN3O5S/c1-14(2)15-3-5-17(6-4-15)23-21(26)16-9-11-24(12-10-16)31(29,30)20-13-18(25(27)28)7-8-19(20)22/h3-8,13-14,16H,9-12H2,1-2H3,(H,23,26). The summed E-state index contributed by atoms with van der Waals surface area (Å²) < 4.78 is 27.1. The van der Waals surface area contributed by atoms with Crippen molar-refractivity contribution in [2.75, 3.05) is 18.4 Å². The third kappa shape index (κ3) is 5.23. The monoisotopic (exact) mass is 465 g/mol. The van der Waals surface area contributed by atoms with E-state index in [2.05, 4.69) is 19.2 Å². The summed E-state index contributed by atoms with van der Waals surface area (Å²) in [4.78, 5) is 22.6. The van der Waals surface area contributed by atoms with E-state index in [1.807, 2.05) is 24.3 Å². The minimum Gasteiger partial charge on any atom is -0.326 e. The summed E-state index contributed by atoms with van der Waals surface area (Å²) >= 11 is 6.01. The molecule has 0 aliphatic carbocycles. The van der Waals surface area contributed by atoms with Gasteiger partial charge in [0.2, 0.25) is 15.9 Å². The number of hydrogen-bond acceptors (Lipinski definition) is 5. The molecule has 2 aromatic rings. The third-order valence-corrected chi connectivity index (χ3v) is 7.79. The lowest BCUT2D eigenvalue weighted by Crippen LogP contribution is -2.41. The lowest BCUT2D eigenvalue weighted by Gasteiger charge is -2.30. The number of benzene rings is 2. The van der Waals surface area contributed by atoms with Gasteiger partial charge >= 0.3 is 0 Å². The zero-order valence-corrected chi connectivity index (χ0v) is 18.8. The van der Waals surface area contributed by atoms with Crippen LogP contribution in [0.25, 0.3) is 0 Å². The number of nitrogens with zero attached hydrogens (tertiary/aromatic N) is 2. The van der Waals surface area contributed by atoms with Gasteiger partial charge in [0.15, 0.2) is 0 Å². The average Bonchev–Trinajstić information content (AvgIpc) is 2.74. The molecule has 0 saturated carbocycles. The number of nitro benzene ring substituents is 1. The van der Waals surface area contributed by atoms with Crippen molar-refractivity contribution in [1.29, 1.82) is 0 Å². The number of carbonyl (C=O) groups excluding carboxylic acids is 1. The van der Waals surface area contributed by atoms with Crippen molar-refractivity contribution < 1.29 is 18.1 Å². The summed E-state index contributed by atoms with van der Waals surface area (Å²) in [5.74, 6) is -0.0740. The van der Waals surface area contributed by atoms with E-state index in [0.717, 1.165) is 12.1 Å². The minimum absolute atomic E-state index is 0.0738. The first kappa shape index (κ1) is 23.2. The molecule has 1 saturated heterocycles.